The maximum absolute atomic E-state index is 12.8. The van der Waals surface area contributed by atoms with E-state index in [2.05, 4.69) is 24.1 Å². The third-order valence-electron chi connectivity index (χ3n) is 5.36. The molecule has 1 aromatic heterocycles. The molecule has 1 atom stereocenters. The molecule has 1 aliphatic rings. The van der Waals surface area contributed by atoms with E-state index in [1.54, 1.807) is 6.20 Å². The molecule has 1 fully saturated rings. The molecule has 0 aromatic carbocycles. The monoisotopic (exact) mass is 365 g/mol. The zero-order valence-electron chi connectivity index (χ0n) is 15.7. The smallest absolute Gasteiger partial charge is 0.226 e. The predicted octanol–water partition coefficient (Wildman–Crippen LogP) is 4.32. The molecule has 2 rings (SSSR count). The van der Waals surface area contributed by atoms with E-state index in [4.69, 9.17) is 0 Å². The summed E-state index contributed by atoms with van der Waals surface area (Å²) in [7, 11) is 1.89. The van der Waals surface area contributed by atoms with Gasteiger partial charge in [0.2, 0.25) is 11.8 Å². The number of hydrogen-bond donors (Lipinski definition) is 1. The molecule has 0 spiro atoms. The molecular formula is C19H31N3O2S. The molecule has 0 bridgehead atoms. The van der Waals surface area contributed by atoms with E-state index in [9.17, 15) is 9.59 Å². The van der Waals surface area contributed by atoms with Crippen molar-refractivity contribution in [2.75, 3.05) is 18.9 Å². The molecule has 1 unspecified atom stereocenters. The fraction of sp³-hybridized carbons (Fsp3) is 0.737. The molecule has 0 radical (unpaired) electrons. The first-order valence-electron chi connectivity index (χ1n) is 9.37. The van der Waals surface area contributed by atoms with E-state index in [0.29, 0.717) is 23.9 Å². The first kappa shape index (κ1) is 19.9. The van der Waals surface area contributed by atoms with Gasteiger partial charge in [-0.3, -0.25) is 9.59 Å². The Labute approximate surface area is 155 Å². The summed E-state index contributed by atoms with van der Waals surface area (Å²) < 4.78 is 0. The van der Waals surface area contributed by atoms with Gasteiger partial charge in [-0.2, -0.15) is 0 Å². The highest BCUT2D eigenvalue weighted by Gasteiger charge is 2.37. The highest BCUT2D eigenvalue weighted by molar-refractivity contribution is 7.13. The first-order chi connectivity index (χ1) is 11.9. The normalized spacial score (nSPS) is 17.7. The molecule has 1 heterocycles. The lowest BCUT2D eigenvalue weighted by molar-refractivity contribution is -0.134. The fourth-order valence-electron chi connectivity index (χ4n) is 3.66. The quantitative estimate of drug-likeness (QED) is 0.746. The fourth-order valence-corrected chi connectivity index (χ4v) is 4.21. The molecule has 1 N–H and O–H groups in total. The van der Waals surface area contributed by atoms with Crippen molar-refractivity contribution in [2.24, 2.45) is 11.3 Å². The van der Waals surface area contributed by atoms with Crippen LogP contribution in [0.25, 0.3) is 0 Å². The second-order valence-corrected chi connectivity index (χ2v) is 8.48. The van der Waals surface area contributed by atoms with E-state index in [-0.39, 0.29) is 17.2 Å². The Morgan fingerprint density at radius 3 is 2.64 bits per heavy atom. The van der Waals surface area contributed by atoms with Crippen LogP contribution in [0.3, 0.4) is 0 Å². The molecule has 140 valence electrons. The summed E-state index contributed by atoms with van der Waals surface area (Å²) in [4.78, 5) is 31.2. The SMILES string of the molecule is CCC(C)CN(C)C(=O)CC1(CC(=O)Nc2nccs2)CCCCC1. The second kappa shape index (κ2) is 9.32. The third kappa shape index (κ3) is 6.10. The van der Waals surface area contributed by atoms with Gasteiger partial charge in [0.25, 0.3) is 0 Å². The highest BCUT2D eigenvalue weighted by atomic mass is 32.1. The number of nitrogens with one attached hydrogen (secondary N) is 1. The molecule has 1 aromatic rings. The van der Waals surface area contributed by atoms with Gasteiger partial charge < -0.3 is 10.2 Å². The van der Waals surface area contributed by atoms with E-state index < -0.39 is 0 Å². The lowest BCUT2D eigenvalue weighted by Crippen LogP contribution is -2.38. The van der Waals surface area contributed by atoms with Crippen LogP contribution in [0.5, 0.6) is 0 Å². The molecule has 5 nitrogen and oxygen atoms in total. The number of aromatic nitrogens is 1. The topological polar surface area (TPSA) is 62.3 Å². The Morgan fingerprint density at radius 2 is 2.04 bits per heavy atom. The minimum Gasteiger partial charge on any atom is -0.345 e. The second-order valence-electron chi connectivity index (χ2n) is 7.59. The number of carbonyl (C=O) groups excluding carboxylic acids is 2. The number of anilines is 1. The van der Waals surface area contributed by atoms with E-state index in [1.807, 2.05) is 17.3 Å². The Hall–Kier alpha value is -1.43. The van der Waals surface area contributed by atoms with Crippen molar-refractivity contribution in [3.63, 3.8) is 0 Å². The molecule has 25 heavy (non-hydrogen) atoms. The van der Waals surface area contributed by atoms with Crippen LogP contribution in [0, 0.1) is 11.3 Å². The van der Waals surface area contributed by atoms with Crippen LogP contribution in [-0.4, -0.2) is 35.3 Å². The first-order valence-corrected chi connectivity index (χ1v) is 10.3. The highest BCUT2D eigenvalue weighted by Crippen LogP contribution is 2.43. The Bertz CT molecular complexity index is 553. The van der Waals surface area contributed by atoms with Gasteiger partial charge in [-0.05, 0) is 24.2 Å². The number of rotatable bonds is 8. The molecule has 1 saturated carbocycles. The summed E-state index contributed by atoms with van der Waals surface area (Å²) in [6.07, 6.45) is 8.97. The lowest BCUT2D eigenvalue weighted by Gasteiger charge is -2.37. The number of amides is 2. The van der Waals surface area contributed by atoms with Crippen LogP contribution in [0.15, 0.2) is 11.6 Å². The van der Waals surface area contributed by atoms with Crippen molar-refractivity contribution in [3.8, 4) is 0 Å². The number of nitrogens with zero attached hydrogens (tertiary/aromatic N) is 2. The summed E-state index contributed by atoms with van der Waals surface area (Å²) in [5, 5.41) is 5.36. The molecule has 1 aliphatic carbocycles. The van der Waals surface area contributed by atoms with Gasteiger partial charge in [-0.1, -0.05) is 39.5 Å². The zero-order chi connectivity index (χ0) is 18.3. The summed E-state index contributed by atoms with van der Waals surface area (Å²) in [5.41, 5.74) is -0.194. The Morgan fingerprint density at radius 1 is 1.32 bits per heavy atom. The minimum absolute atomic E-state index is 0.0192. The molecule has 6 heteroatoms. The van der Waals surface area contributed by atoms with Gasteiger partial charge in [0.1, 0.15) is 0 Å². The van der Waals surface area contributed by atoms with Crippen molar-refractivity contribution in [3.05, 3.63) is 11.6 Å². The minimum atomic E-state index is -0.194. The van der Waals surface area contributed by atoms with Crippen molar-refractivity contribution >= 4 is 28.3 Å². The van der Waals surface area contributed by atoms with Crippen LogP contribution in [0.2, 0.25) is 0 Å². The average molecular weight is 366 g/mol. The Kier molecular flexibility index (Phi) is 7.41. The average Bonchev–Trinajstić information content (AvgIpc) is 3.07. The van der Waals surface area contributed by atoms with E-state index in [0.717, 1.165) is 38.6 Å². The number of thiazole rings is 1. The Balaban J connectivity index is 1.98. The molecule has 0 saturated heterocycles. The number of carbonyl (C=O) groups is 2. The molecular weight excluding hydrogens is 334 g/mol. The predicted molar refractivity (Wildman–Crippen MR) is 103 cm³/mol. The van der Waals surface area contributed by atoms with Gasteiger partial charge in [0.15, 0.2) is 5.13 Å². The van der Waals surface area contributed by atoms with Crippen LogP contribution < -0.4 is 5.32 Å². The van der Waals surface area contributed by atoms with Gasteiger partial charge >= 0.3 is 0 Å². The largest absolute Gasteiger partial charge is 0.345 e. The van der Waals surface area contributed by atoms with Crippen molar-refractivity contribution in [1.29, 1.82) is 0 Å². The number of hydrogen-bond acceptors (Lipinski definition) is 4. The third-order valence-corrected chi connectivity index (χ3v) is 6.05. The van der Waals surface area contributed by atoms with Crippen molar-refractivity contribution in [2.45, 2.75) is 65.2 Å². The molecule has 0 aliphatic heterocycles. The van der Waals surface area contributed by atoms with Crippen molar-refractivity contribution < 1.29 is 9.59 Å². The van der Waals surface area contributed by atoms with Crippen LogP contribution >= 0.6 is 11.3 Å². The van der Waals surface area contributed by atoms with Gasteiger partial charge in [0.05, 0.1) is 0 Å². The standard InChI is InChI=1S/C19H31N3O2S/c1-4-15(2)14-22(3)17(24)13-19(8-6-5-7-9-19)12-16(23)21-18-20-10-11-25-18/h10-11,15H,4-9,12-14H2,1-3H3,(H,20,21,23). The summed E-state index contributed by atoms with van der Waals surface area (Å²) in [6, 6.07) is 0. The van der Waals surface area contributed by atoms with Crippen molar-refractivity contribution in [1.82, 2.24) is 9.88 Å². The maximum atomic E-state index is 12.8. The van der Waals surface area contributed by atoms with Gasteiger partial charge in [0, 0.05) is 38.0 Å². The summed E-state index contributed by atoms with van der Waals surface area (Å²) >= 11 is 1.42. The maximum Gasteiger partial charge on any atom is 0.226 e. The molecule has 2 amide bonds. The van der Waals surface area contributed by atoms with E-state index in [1.165, 1.54) is 17.8 Å². The van der Waals surface area contributed by atoms with Crippen LogP contribution in [0.1, 0.15) is 65.2 Å². The van der Waals surface area contributed by atoms with Gasteiger partial charge in [-0.15, -0.1) is 11.3 Å². The zero-order valence-corrected chi connectivity index (χ0v) is 16.5. The van der Waals surface area contributed by atoms with E-state index >= 15 is 0 Å². The summed E-state index contributed by atoms with van der Waals surface area (Å²) in [6.45, 7) is 5.10. The van der Waals surface area contributed by atoms with Crippen LogP contribution in [-0.2, 0) is 9.59 Å². The summed E-state index contributed by atoms with van der Waals surface area (Å²) in [5.74, 6) is 0.655. The van der Waals surface area contributed by atoms with Gasteiger partial charge in [-0.25, -0.2) is 4.98 Å². The van der Waals surface area contributed by atoms with Crippen LogP contribution in [0.4, 0.5) is 5.13 Å². The lowest BCUT2D eigenvalue weighted by atomic mass is 9.69.